The summed E-state index contributed by atoms with van der Waals surface area (Å²) in [5.41, 5.74) is 1.19. The summed E-state index contributed by atoms with van der Waals surface area (Å²) in [5, 5.41) is 3.30. The molecule has 0 bridgehead atoms. The minimum absolute atomic E-state index is 0.111. The molecule has 1 aromatic carbocycles. The zero-order valence-electron chi connectivity index (χ0n) is 12.0. The second-order valence-corrected chi connectivity index (χ2v) is 4.86. The van der Waals surface area contributed by atoms with Crippen molar-refractivity contribution in [2.75, 3.05) is 26.9 Å². The minimum Gasteiger partial charge on any atom is -0.486 e. The molecule has 1 unspecified atom stereocenters. The second kappa shape index (κ2) is 7.14. The van der Waals surface area contributed by atoms with Gasteiger partial charge in [-0.2, -0.15) is 0 Å². The van der Waals surface area contributed by atoms with Crippen LogP contribution in [-0.2, 0) is 16.0 Å². The fraction of sp³-hybridized carbons (Fsp3) is 0.533. The molecule has 20 heavy (non-hydrogen) atoms. The topological polar surface area (TPSA) is 56.8 Å². The number of fused-ring (bicyclic) bond motifs is 1. The average molecular weight is 279 g/mol. The summed E-state index contributed by atoms with van der Waals surface area (Å²) in [7, 11) is 1.41. The van der Waals surface area contributed by atoms with Gasteiger partial charge in [0.25, 0.3) is 0 Å². The van der Waals surface area contributed by atoms with E-state index >= 15 is 0 Å². The fourth-order valence-corrected chi connectivity index (χ4v) is 2.11. The highest BCUT2D eigenvalue weighted by Crippen LogP contribution is 2.30. The van der Waals surface area contributed by atoms with Gasteiger partial charge in [-0.1, -0.05) is 6.07 Å². The van der Waals surface area contributed by atoms with Crippen molar-refractivity contribution in [3.8, 4) is 11.5 Å². The Bertz CT molecular complexity index is 461. The SMILES string of the molecule is COC(=O)CC(C)NCCc1ccc2c(c1)OCCO2. The van der Waals surface area contributed by atoms with Crippen LogP contribution < -0.4 is 14.8 Å². The van der Waals surface area contributed by atoms with Gasteiger partial charge in [0.1, 0.15) is 13.2 Å². The molecule has 5 nitrogen and oxygen atoms in total. The Balaban J connectivity index is 1.78. The number of carbonyl (C=O) groups is 1. The van der Waals surface area contributed by atoms with Crippen LogP contribution in [0.1, 0.15) is 18.9 Å². The first kappa shape index (κ1) is 14.7. The lowest BCUT2D eigenvalue weighted by Crippen LogP contribution is -2.30. The van der Waals surface area contributed by atoms with E-state index in [9.17, 15) is 4.79 Å². The van der Waals surface area contributed by atoms with E-state index in [1.807, 2.05) is 25.1 Å². The number of benzene rings is 1. The molecule has 0 radical (unpaired) electrons. The van der Waals surface area contributed by atoms with Crippen molar-refractivity contribution in [2.45, 2.75) is 25.8 Å². The fourth-order valence-electron chi connectivity index (χ4n) is 2.11. The molecule has 0 aliphatic carbocycles. The molecule has 0 spiro atoms. The Morgan fingerprint density at radius 2 is 2.10 bits per heavy atom. The Morgan fingerprint density at radius 3 is 2.85 bits per heavy atom. The lowest BCUT2D eigenvalue weighted by Gasteiger charge is -2.19. The molecule has 1 heterocycles. The standard InChI is InChI=1S/C15H21NO4/c1-11(9-15(17)18-2)16-6-5-12-3-4-13-14(10-12)20-8-7-19-13/h3-4,10-11,16H,5-9H2,1-2H3. The van der Waals surface area contributed by atoms with Crippen LogP contribution >= 0.6 is 0 Å². The lowest BCUT2D eigenvalue weighted by molar-refractivity contribution is -0.141. The Hall–Kier alpha value is -1.75. The van der Waals surface area contributed by atoms with Gasteiger partial charge >= 0.3 is 5.97 Å². The summed E-state index contributed by atoms with van der Waals surface area (Å²) in [6.45, 7) is 3.99. The van der Waals surface area contributed by atoms with Crippen molar-refractivity contribution in [2.24, 2.45) is 0 Å². The Morgan fingerprint density at radius 1 is 1.35 bits per heavy atom. The largest absolute Gasteiger partial charge is 0.486 e. The minimum atomic E-state index is -0.190. The summed E-state index contributed by atoms with van der Waals surface area (Å²) in [6.07, 6.45) is 1.26. The summed E-state index contributed by atoms with van der Waals surface area (Å²) in [5.74, 6) is 1.44. The molecule has 0 aromatic heterocycles. The lowest BCUT2D eigenvalue weighted by atomic mass is 10.1. The number of hydrogen-bond donors (Lipinski definition) is 1. The van der Waals surface area contributed by atoms with Gasteiger partial charge in [0.05, 0.1) is 13.5 Å². The predicted molar refractivity (Wildman–Crippen MR) is 75.2 cm³/mol. The van der Waals surface area contributed by atoms with Gasteiger partial charge in [0.15, 0.2) is 11.5 Å². The number of rotatable bonds is 6. The van der Waals surface area contributed by atoms with E-state index in [2.05, 4.69) is 10.1 Å². The quantitative estimate of drug-likeness (QED) is 0.801. The van der Waals surface area contributed by atoms with Crippen LogP contribution in [0.4, 0.5) is 0 Å². The summed E-state index contributed by atoms with van der Waals surface area (Å²) in [6, 6.07) is 6.11. The molecule has 0 fully saturated rings. The van der Waals surface area contributed by atoms with Crippen molar-refractivity contribution < 1.29 is 19.0 Å². The highest BCUT2D eigenvalue weighted by atomic mass is 16.6. The van der Waals surface area contributed by atoms with Gasteiger partial charge in [0.2, 0.25) is 0 Å². The Kier molecular flexibility index (Phi) is 5.24. The average Bonchev–Trinajstić information content (AvgIpc) is 2.47. The number of esters is 1. The molecule has 1 atom stereocenters. The molecule has 0 amide bonds. The number of methoxy groups -OCH3 is 1. The van der Waals surface area contributed by atoms with Gasteiger partial charge in [-0.15, -0.1) is 0 Å². The van der Waals surface area contributed by atoms with E-state index < -0.39 is 0 Å². The molecular formula is C15H21NO4. The molecule has 110 valence electrons. The smallest absolute Gasteiger partial charge is 0.307 e. The second-order valence-electron chi connectivity index (χ2n) is 4.86. The monoisotopic (exact) mass is 279 g/mol. The van der Waals surface area contributed by atoms with Crippen LogP contribution in [0.3, 0.4) is 0 Å². The maximum atomic E-state index is 11.1. The maximum Gasteiger partial charge on any atom is 0.307 e. The number of carbonyl (C=O) groups excluding carboxylic acids is 1. The van der Waals surface area contributed by atoms with Gasteiger partial charge < -0.3 is 19.5 Å². The molecular weight excluding hydrogens is 258 g/mol. The Labute approximate surface area is 119 Å². The van der Waals surface area contributed by atoms with E-state index in [1.54, 1.807) is 0 Å². The van der Waals surface area contributed by atoms with Crippen LogP contribution in [0, 0.1) is 0 Å². The molecule has 1 N–H and O–H groups in total. The number of hydrogen-bond acceptors (Lipinski definition) is 5. The van der Waals surface area contributed by atoms with Gasteiger partial charge in [-0.3, -0.25) is 4.79 Å². The van der Waals surface area contributed by atoms with Crippen LogP contribution in [0.5, 0.6) is 11.5 Å². The maximum absolute atomic E-state index is 11.1. The molecule has 5 heteroatoms. The van der Waals surface area contributed by atoms with Gasteiger partial charge in [-0.25, -0.2) is 0 Å². The summed E-state index contributed by atoms with van der Waals surface area (Å²) < 4.78 is 15.7. The predicted octanol–water partition coefficient (Wildman–Crippen LogP) is 1.54. The molecule has 0 saturated heterocycles. The zero-order valence-corrected chi connectivity index (χ0v) is 12.0. The van der Waals surface area contributed by atoms with Crippen molar-refractivity contribution >= 4 is 5.97 Å². The van der Waals surface area contributed by atoms with Crippen LogP contribution in [0.25, 0.3) is 0 Å². The van der Waals surface area contributed by atoms with Crippen molar-refractivity contribution in [1.29, 1.82) is 0 Å². The van der Waals surface area contributed by atoms with Crippen molar-refractivity contribution in [3.05, 3.63) is 23.8 Å². The number of ether oxygens (including phenoxy) is 3. The molecule has 1 aliphatic heterocycles. The van der Waals surface area contributed by atoms with E-state index in [0.29, 0.717) is 19.6 Å². The third kappa shape index (κ3) is 4.13. The molecule has 1 aromatic rings. The zero-order chi connectivity index (χ0) is 14.4. The highest BCUT2D eigenvalue weighted by molar-refractivity contribution is 5.69. The van der Waals surface area contributed by atoms with E-state index in [4.69, 9.17) is 9.47 Å². The van der Waals surface area contributed by atoms with Gasteiger partial charge in [-0.05, 0) is 37.6 Å². The summed E-state index contributed by atoms with van der Waals surface area (Å²) >= 11 is 0. The molecule has 0 saturated carbocycles. The van der Waals surface area contributed by atoms with Crippen LogP contribution in [-0.4, -0.2) is 38.9 Å². The highest BCUT2D eigenvalue weighted by Gasteiger charge is 2.12. The first-order valence-electron chi connectivity index (χ1n) is 6.88. The van der Waals surface area contributed by atoms with Gasteiger partial charge in [0, 0.05) is 6.04 Å². The van der Waals surface area contributed by atoms with E-state index in [0.717, 1.165) is 24.5 Å². The van der Waals surface area contributed by atoms with Crippen molar-refractivity contribution in [3.63, 3.8) is 0 Å². The van der Waals surface area contributed by atoms with E-state index in [-0.39, 0.29) is 12.0 Å². The normalized spacial score (nSPS) is 14.7. The van der Waals surface area contributed by atoms with Crippen LogP contribution in [0.15, 0.2) is 18.2 Å². The first-order chi connectivity index (χ1) is 9.69. The summed E-state index contributed by atoms with van der Waals surface area (Å²) in [4.78, 5) is 11.1. The first-order valence-corrected chi connectivity index (χ1v) is 6.88. The molecule has 1 aliphatic rings. The van der Waals surface area contributed by atoms with E-state index in [1.165, 1.54) is 12.7 Å². The number of nitrogens with one attached hydrogen (secondary N) is 1. The third-order valence-electron chi connectivity index (χ3n) is 3.21. The molecule has 2 rings (SSSR count). The third-order valence-corrected chi connectivity index (χ3v) is 3.21. The van der Waals surface area contributed by atoms with Crippen molar-refractivity contribution in [1.82, 2.24) is 5.32 Å². The van der Waals surface area contributed by atoms with Crippen LogP contribution in [0.2, 0.25) is 0 Å².